The summed E-state index contributed by atoms with van der Waals surface area (Å²) in [5.41, 5.74) is 0.439. The van der Waals surface area contributed by atoms with Crippen LogP contribution in [0.25, 0.3) is 0 Å². The third-order valence-electron chi connectivity index (χ3n) is 2.44. The molecule has 1 atom stereocenters. The lowest BCUT2D eigenvalue weighted by atomic mass is 9.96. The molecule has 5 nitrogen and oxygen atoms in total. The minimum atomic E-state index is -0.682. The second-order valence-electron chi connectivity index (χ2n) is 3.92. The number of carbonyl (C=O) groups excluding carboxylic acids is 1. The largest absolute Gasteiger partial charge is 0.466 e. The van der Waals surface area contributed by atoms with Gasteiger partial charge in [-0.15, -0.1) is 0 Å². The van der Waals surface area contributed by atoms with E-state index in [1.54, 1.807) is 13.0 Å². The van der Waals surface area contributed by atoms with Crippen molar-refractivity contribution in [2.45, 2.75) is 19.3 Å². The van der Waals surface area contributed by atoms with Crippen molar-refractivity contribution in [3.63, 3.8) is 0 Å². The predicted molar refractivity (Wildman–Crippen MR) is 75.0 cm³/mol. The Morgan fingerprint density at radius 3 is 2.74 bits per heavy atom. The first-order chi connectivity index (χ1) is 8.92. The monoisotopic (exact) mass is 381 g/mol. The summed E-state index contributed by atoms with van der Waals surface area (Å²) in [7, 11) is 0. The summed E-state index contributed by atoms with van der Waals surface area (Å²) in [4.78, 5) is 21.6. The lowest BCUT2D eigenvalue weighted by molar-refractivity contribution is -0.483. The van der Waals surface area contributed by atoms with E-state index < -0.39 is 29.2 Å². The summed E-state index contributed by atoms with van der Waals surface area (Å²) < 4.78 is 18.7. The lowest BCUT2D eigenvalue weighted by Gasteiger charge is -2.13. The van der Waals surface area contributed by atoms with Crippen molar-refractivity contribution in [2.75, 3.05) is 13.2 Å². The minimum Gasteiger partial charge on any atom is -0.466 e. The van der Waals surface area contributed by atoms with Gasteiger partial charge in [0.15, 0.2) is 0 Å². The molecule has 0 aliphatic rings. The first kappa shape index (κ1) is 15.8. The van der Waals surface area contributed by atoms with Crippen molar-refractivity contribution in [2.24, 2.45) is 0 Å². The first-order valence-corrected chi connectivity index (χ1v) is 6.73. The topological polar surface area (TPSA) is 69.4 Å². The first-order valence-electron chi connectivity index (χ1n) is 5.65. The molecule has 0 saturated heterocycles. The highest BCUT2D eigenvalue weighted by Gasteiger charge is 2.23. The van der Waals surface area contributed by atoms with Gasteiger partial charge in [-0.3, -0.25) is 14.9 Å². The predicted octanol–water partition coefficient (Wildman–Crippen LogP) is 2.74. The van der Waals surface area contributed by atoms with E-state index in [0.29, 0.717) is 9.13 Å². The number of halogens is 2. The number of hydrogen-bond acceptors (Lipinski definition) is 4. The summed E-state index contributed by atoms with van der Waals surface area (Å²) in [6.07, 6.45) is -0.131. The molecule has 1 rings (SSSR count). The Morgan fingerprint density at radius 2 is 2.21 bits per heavy atom. The molecule has 7 heteroatoms. The number of nitro groups is 1. The summed E-state index contributed by atoms with van der Waals surface area (Å²) in [6.45, 7) is 1.44. The van der Waals surface area contributed by atoms with Gasteiger partial charge in [-0.1, -0.05) is 0 Å². The van der Waals surface area contributed by atoms with Gasteiger partial charge in [0.25, 0.3) is 0 Å². The van der Waals surface area contributed by atoms with Gasteiger partial charge in [-0.25, -0.2) is 4.39 Å². The molecule has 0 saturated carbocycles. The Bertz CT molecular complexity index is 461. The van der Waals surface area contributed by atoms with Crippen LogP contribution >= 0.6 is 22.6 Å². The third kappa shape index (κ3) is 5.50. The van der Waals surface area contributed by atoms with E-state index in [1.807, 2.05) is 22.6 Å². The van der Waals surface area contributed by atoms with Crippen LogP contribution in [0.4, 0.5) is 4.39 Å². The second kappa shape index (κ2) is 7.37. The van der Waals surface area contributed by atoms with E-state index in [-0.39, 0.29) is 13.0 Å². The molecule has 19 heavy (non-hydrogen) atoms. The van der Waals surface area contributed by atoms with Gasteiger partial charge in [-0.2, -0.15) is 0 Å². The number of rotatable bonds is 6. The number of ether oxygens (including phenoxy) is 1. The maximum atomic E-state index is 13.3. The molecule has 1 unspecified atom stereocenters. The molecular formula is C12H13FINO4. The van der Waals surface area contributed by atoms with Crippen LogP contribution in [0.5, 0.6) is 0 Å². The molecule has 0 aliphatic heterocycles. The Balaban J connectivity index is 2.95. The molecule has 0 fully saturated rings. The standard InChI is InChI=1S/C12H13FINO4/c1-2-19-12(16)5-9(7-15(17)18)8-3-10(13)6-11(14)4-8/h3-4,6,9H,2,5,7H2,1H3. The molecule has 1 aromatic carbocycles. The smallest absolute Gasteiger partial charge is 0.306 e. The molecule has 0 aromatic heterocycles. The van der Waals surface area contributed by atoms with Crippen LogP contribution in [-0.2, 0) is 9.53 Å². The number of benzene rings is 1. The molecule has 0 spiro atoms. The Hall–Kier alpha value is -1.25. The van der Waals surface area contributed by atoms with E-state index in [9.17, 15) is 19.3 Å². The highest BCUT2D eigenvalue weighted by atomic mass is 127. The Labute approximate surface area is 123 Å². The van der Waals surface area contributed by atoms with E-state index >= 15 is 0 Å². The van der Waals surface area contributed by atoms with Crippen molar-refractivity contribution in [1.82, 2.24) is 0 Å². The maximum Gasteiger partial charge on any atom is 0.306 e. The van der Waals surface area contributed by atoms with Gasteiger partial charge in [0.1, 0.15) is 5.82 Å². The van der Waals surface area contributed by atoms with Crippen LogP contribution in [0.1, 0.15) is 24.8 Å². The van der Waals surface area contributed by atoms with Gasteiger partial charge in [0.2, 0.25) is 6.54 Å². The highest BCUT2D eigenvalue weighted by molar-refractivity contribution is 14.1. The summed E-state index contributed by atoms with van der Waals surface area (Å²) in [5.74, 6) is -1.68. The van der Waals surface area contributed by atoms with Gasteiger partial charge < -0.3 is 4.74 Å². The second-order valence-corrected chi connectivity index (χ2v) is 5.17. The van der Waals surface area contributed by atoms with Crippen LogP contribution in [0.15, 0.2) is 18.2 Å². The van der Waals surface area contributed by atoms with E-state index in [2.05, 4.69) is 0 Å². The molecule has 104 valence electrons. The van der Waals surface area contributed by atoms with Crippen molar-refractivity contribution in [3.8, 4) is 0 Å². The molecule has 0 bridgehead atoms. The average molecular weight is 381 g/mol. The summed E-state index contributed by atoms with van der Waals surface area (Å²) in [6, 6.07) is 4.17. The van der Waals surface area contributed by atoms with Crippen LogP contribution < -0.4 is 0 Å². The quantitative estimate of drug-likeness (QED) is 0.329. The fraction of sp³-hybridized carbons (Fsp3) is 0.417. The molecule has 0 amide bonds. The van der Waals surface area contributed by atoms with Gasteiger partial charge >= 0.3 is 5.97 Å². The number of hydrogen-bond donors (Lipinski definition) is 0. The number of nitrogens with zero attached hydrogens (tertiary/aromatic N) is 1. The van der Waals surface area contributed by atoms with Crippen LogP contribution in [-0.4, -0.2) is 24.0 Å². The zero-order valence-corrected chi connectivity index (χ0v) is 12.4. The molecule has 0 radical (unpaired) electrons. The van der Waals surface area contributed by atoms with E-state index in [0.717, 1.165) is 0 Å². The molecule has 0 heterocycles. The van der Waals surface area contributed by atoms with Gasteiger partial charge in [0, 0.05) is 8.49 Å². The fourth-order valence-electron chi connectivity index (χ4n) is 1.70. The van der Waals surface area contributed by atoms with E-state index in [4.69, 9.17) is 4.74 Å². The molecule has 1 aromatic rings. The summed E-state index contributed by atoms with van der Waals surface area (Å²) >= 11 is 1.92. The van der Waals surface area contributed by atoms with Crippen LogP contribution in [0.2, 0.25) is 0 Å². The maximum absolute atomic E-state index is 13.3. The summed E-state index contributed by atoms with van der Waals surface area (Å²) in [5, 5.41) is 10.7. The Morgan fingerprint density at radius 1 is 1.53 bits per heavy atom. The molecular weight excluding hydrogens is 368 g/mol. The van der Waals surface area contributed by atoms with Gasteiger partial charge in [0.05, 0.1) is 18.9 Å². The van der Waals surface area contributed by atoms with Crippen LogP contribution in [0.3, 0.4) is 0 Å². The number of esters is 1. The minimum absolute atomic E-state index is 0.131. The zero-order valence-electron chi connectivity index (χ0n) is 10.3. The zero-order chi connectivity index (χ0) is 14.4. The van der Waals surface area contributed by atoms with Crippen LogP contribution in [0, 0.1) is 19.5 Å². The van der Waals surface area contributed by atoms with Crippen molar-refractivity contribution >= 4 is 28.6 Å². The lowest BCUT2D eigenvalue weighted by Crippen LogP contribution is -2.18. The molecule has 0 aliphatic carbocycles. The van der Waals surface area contributed by atoms with Crippen molar-refractivity contribution in [3.05, 3.63) is 43.3 Å². The number of carbonyl (C=O) groups is 1. The highest BCUT2D eigenvalue weighted by Crippen LogP contribution is 2.23. The van der Waals surface area contributed by atoms with Gasteiger partial charge in [-0.05, 0) is 53.3 Å². The van der Waals surface area contributed by atoms with Crippen molar-refractivity contribution < 1.29 is 18.8 Å². The SMILES string of the molecule is CCOC(=O)CC(C[N+](=O)[O-])c1cc(F)cc(I)c1. The third-order valence-corrected chi connectivity index (χ3v) is 3.07. The fourth-order valence-corrected chi connectivity index (χ4v) is 2.36. The van der Waals surface area contributed by atoms with Crippen molar-refractivity contribution in [1.29, 1.82) is 0 Å². The van der Waals surface area contributed by atoms with E-state index in [1.165, 1.54) is 12.1 Å². The average Bonchev–Trinajstić information content (AvgIpc) is 2.26. The Kier molecular flexibility index (Phi) is 6.13. The normalized spacial score (nSPS) is 11.9. The molecule has 0 N–H and O–H groups in total.